The highest BCUT2D eigenvalue weighted by Crippen LogP contribution is 2.34. The number of aliphatic hydroxyl groups excluding tert-OH is 3. The molecule has 1 saturated heterocycles. The first-order valence-electron chi connectivity index (χ1n) is 15.8. The number of hydrogen-bond donors (Lipinski definition) is 3. The Hall–Kier alpha value is -1.99. The van der Waals surface area contributed by atoms with Crippen molar-refractivity contribution in [2.45, 2.75) is 109 Å². The standard InChI is InChI=1S/C33H56N2O9/c1-10-27-24(18-34(6)7)15-19(2)11-12-25(37)20(3)16-23(13-14-36)32(21(4)26(38)17-28(39)43-27)44-33-31(41)29(35(8)9)30(40)22(5)42-33/h11-12,14-15,20-24,26-27,29-33,38,40-41H,10,13,16-18H2,1-9H3/b12-11-,19-15+/t20-,21+,22?,23+,24-,26-,27-,29+,30?,31+,32-,33+/m1/s1. The van der Waals surface area contributed by atoms with Crippen molar-refractivity contribution in [1.82, 2.24) is 9.80 Å². The van der Waals surface area contributed by atoms with Gasteiger partial charge in [-0.25, -0.2) is 0 Å². The van der Waals surface area contributed by atoms with E-state index in [1.165, 1.54) is 6.08 Å². The summed E-state index contributed by atoms with van der Waals surface area (Å²) in [5.41, 5.74) is 0.855. The lowest BCUT2D eigenvalue weighted by molar-refractivity contribution is -0.304. The summed E-state index contributed by atoms with van der Waals surface area (Å²) in [4.78, 5) is 42.0. The van der Waals surface area contributed by atoms with Crippen LogP contribution in [0.2, 0.25) is 0 Å². The summed E-state index contributed by atoms with van der Waals surface area (Å²) >= 11 is 0. The second kappa shape index (κ2) is 17.6. The van der Waals surface area contributed by atoms with Gasteiger partial charge in [0.05, 0.1) is 36.9 Å². The highest BCUT2D eigenvalue weighted by Gasteiger charge is 2.47. The van der Waals surface area contributed by atoms with Crippen LogP contribution in [-0.4, -0.2) is 127 Å². The van der Waals surface area contributed by atoms with Gasteiger partial charge in [0.1, 0.15) is 18.5 Å². The third kappa shape index (κ3) is 10.5. The monoisotopic (exact) mass is 624 g/mol. The quantitative estimate of drug-likeness (QED) is 0.269. The Kier molecular flexibility index (Phi) is 15.3. The molecule has 1 fully saturated rings. The molecule has 2 rings (SSSR count). The molecule has 0 aromatic heterocycles. The van der Waals surface area contributed by atoms with Crippen LogP contribution in [0.3, 0.4) is 0 Å². The van der Waals surface area contributed by atoms with E-state index in [0.29, 0.717) is 13.0 Å². The van der Waals surface area contributed by atoms with Crippen LogP contribution in [0.1, 0.15) is 60.3 Å². The Labute approximate surface area is 263 Å². The first-order valence-corrected chi connectivity index (χ1v) is 15.8. The number of ketones is 1. The van der Waals surface area contributed by atoms with Crippen molar-refractivity contribution in [1.29, 1.82) is 0 Å². The van der Waals surface area contributed by atoms with Gasteiger partial charge in [0.25, 0.3) is 0 Å². The Bertz CT molecular complexity index is 1000. The lowest BCUT2D eigenvalue weighted by atomic mass is 9.79. The predicted molar refractivity (Wildman–Crippen MR) is 167 cm³/mol. The van der Waals surface area contributed by atoms with Gasteiger partial charge in [0.15, 0.2) is 12.1 Å². The number of esters is 1. The Morgan fingerprint density at radius 1 is 1.05 bits per heavy atom. The Morgan fingerprint density at radius 2 is 1.70 bits per heavy atom. The van der Waals surface area contributed by atoms with Crippen LogP contribution in [-0.2, 0) is 28.6 Å². The molecular formula is C33H56N2O9. The van der Waals surface area contributed by atoms with Crippen LogP contribution in [0.5, 0.6) is 0 Å². The molecule has 11 nitrogen and oxygen atoms in total. The number of aliphatic hydroxyl groups is 3. The molecule has 0 amide bonds. The lowest BCUT2D eigenvalue weighted by Gasteiger charge is -2.46. The summed E-state index contributed by atoms with van der Waals surface area (Å²) < 4.78 is 18.2. The molecule has 11 heteroatoms. The van der Waals surface area contributed by atoms with Crippen molar-refractivity contribution in [3.8, 4) is 0 Å². The average molecular weight is 625 g/mol. The highest BCUT2D eigenvalue weighted by molar-refractivity contribution is 5.91. The molecule has 0 aliphatic carbocycles. The first kappa shape index (κ1) is 38.2. The maximum atomic E-state index is 13.2. The number of rotatable bonds is 8. The van der Waals surface area contributed by atoms with Gasteiger partial charge in [-0.15, -0.1) is 0 Å². The number of cyclic esters (lactones) is 1. The Balaban J connectivity index is 2.53. The van der Waals surface area contributed by atoms with Crippen LogP contribution < -0.4 is 0 Å². The van der Waals surface area contributed by atoms with E-state index in [9.17, 15) is 29.7 Å². The average Bonchev–Trinajstić information content (AvgIpc) is 2.94. The molecule has 252 valence electrons. The fourth-order valence-electron chi connectivity index (χ4n) is 6.35. The minimum atomic E-state index is -1.25. The summed E-state index contributed by atoms with van der Waals surface area (Å²) in [5, 5.41) is 33.2. The van der Waals surface area contributed by atoms with Crippen LogP contribution in [0, 0.1) is 23.7 Å². The van der Waals surface area contributed by atoms with Crippen molar-refractivity contribution in [2.75, 3.05) is 34.7 Å². The molecule has 0 bridgehead atoms. The van der Waals surface area contributed by atoms with Gasteiger partial charge < -0.3 is 44.1 Å². The van der Waals surface area contributed by atoms with E-state index in [1.54, 1.807) is 45.8 Å². The molecule has 2 aliphatic heterocycles. The molecule has 3 N–H and O–H groups in total. The topological polar surface area (TPSA) is 146 Å². The predicted octanol–water partition coefficient (Wildman–Crippen LogP) is 1.97. The van der Waals surface area contributed by atoms with Gasteiger partial charge in [0, 0.05) is 30.7 Å². The van der Waals surface area contributed by atoms with E-state index in [-0.39, 0.29) is 31.0 Å². The number of ether oxygens (including phenoxy) is 3. The van der Waals surface area contributed by atoms with Crippen LogP contribution >= 0.6 is 0 Å². The molecule has 12 atom stereocenters. The number of aldehydes is 1. The van der Waals surface area contributed by atoms with E-state index >= 15 is 0 Å². The number of hydrogen-bond acceptors (Lipinski definition) is 11. The largest absolute Gasteiger partial charge is 0.462 e. The van der Waals surface area contributed by atoms with Crippen LogP contribution in [0.25, 0.3) is 0 Å². The molecule has 0 spiro atoms. The van der Waals surface area contributed by atoms with Gasteiger partial charge in [-0.3, -0.25) is 9.59 Å². The van der Waals surface area contributed by atoms with Gasteiger partial charge >= 0.3 is 5.97 Å². The van der Waals surface area contributed by atoms with E-state index in [2.05, 4.69) is 0 Å². The molecular weight excluding hydrogens is 568 g/mol. The summed E-state index contributed by atoms with van der Waals surface area (Å²) in [6, 6.07) is -0.697. The summed E-state index contributed by atoms with van der Waals surface area (Å²) in [6.45, 7) is 9.63. The minimum absolute atomic E-state index is 0.0225. The molecule has 0 aromatic carbocycles. The maximum Gasteiger partial charge on any atom is 0.308 e. The fourth-order valence-corrected chi connectivity index (χ4v) is 6.35. The molecule has 0 aromatic rings. The van der Waals surface area contributed by atoms with Gasteiger partial charge in [0.2, 0.25) is 0 Å². The third-order valence-electron chi connectivity index (χ3n) is 8.93. The number of carbonyl (C=O) groups excluding carboxylic acids is 3. The molecule has 0 radical (unpaired) electrons. The van der Waals surface area contributed by atoms with Gasteiger partial charge in [-0.05, 0) is 66.9 Å². The van der Waals surface area contributed by atoms with E-state index in [0.717, 1.165) is 11.9 Å². The van der Waals surface area contributed by atoms with Gasteiger partial charge in [-0.1, -0.05) is 38.5 Å². The number of carbonyl (C=O) groups is 3. The summed E-state index contributed by atoms with van der Waals surface area (Å²) in [7, 11) is 7.34. The minimum Gasteiger partial charge on any atom is -0.462 e. The molecule has 2 unspecified atom stereocenters. The van der Waals surface area contributed by atoms with Crippen molar-refractivity contribution in [3.63, 3.8) is 0 Å². The number of allylic oxidation sites excluding steroid dienone is 3. The van der Waals surface area contributed by atoms with E-state index in [4.69, 9.17) is 14.2 Å². The smallest absolute Gasteiger partial charge is 0.308 e. The second-order valence-corrected chi connectivity index (χ2v) is 13.2. The van der Waals surface area contributed by atoms with Crippen LogP contribution in [0.4, 0.5) is 0 Å². The molecule has 2 heterocycles. The molecule has 2 aliphatic rings. The lowest BCUT2D eigenvalue weighted by Crippen LogP contribution is -2.63. The highest BCUT2D eigenvalue weighted by atomic mass is 16.7. The van der Waals surface area contributed by atoms with E-state index in [1.807, 2.05) is 38.9 Å². The zero-order valence-corrected chi connectivity index (χ0v) is 28.0. The van der Waals surface area contributed by atoms with Crippen molar-refractivity contribution in [3.05, 3.63) is 23.8 Å². The summed E-state index contributed by atoms with van der Waals surface area (Å²) in [5.74, 6) is -2.55. The SMILES string of the molecule is CC[C@H]1OC(=O)C[C@@H](O)[C@H](C)[C@@H](O[C@@H]2OC(C)C(O)[C@H](N(C)C)[C@@H]2O)[C@@H](CC=O)C[C@@H](C)C(=O)/C=C\C(C)=C\[C@@H]1CN(C)C. The van der Waals surface area contributed by atoms with Crippen molar-refractivity contribution in [2.24, 2.45) is 23.7 Å². The molecule has 0 saturated carbocycles. The van der Waals surface area contributed by atoms with Gasteiger partial charge in [-0.2, -0.15) is 0 Å². The summed E-state index contributed by atoms with van der Waals surface area (Å²) in [6.07, 6.45) is -0.0627. The molecule has 44 heavy (non-hydrogen) atoms. The fraction of sp³-hybridized carbons (Fsp3) is 0.788. The normalized spacial score (nSPS) is 40.4. The maximum absolute atomic E-state index is 13.2. The number of likely N-dealkylation sites (N-methyl/N-ethyl adjacent to an activating group) is 1. The second-order valence-electron chi connectivity index (χ2n) is 13.2. The van der Waals surface area contributed by atoms with E-state index < -0.39 is 72.7 Å². The zero-order valence-electron chi connectivity index (χ0n) is 28.0. The van der Waals surface area contributed by atoms with Crippen molar-refractivity contribution >= 4 is 18.0 Å². The Morgan fingerprint density at radius 3 is 2.27 bits per heavy atom. The first-order chi connectivity index (χ1) is 20.6. The zero-order chi connectivity index (χ0) is 33.3. The number of nitrogens with zero attached hydrogens (tertiary/aromatic N) is 2. The third-order valence-corrected chi connectivity index (χ3v) is 8.93. The van der Waals surface area contributed by atoms with Crippen LogP contribution in [0.15, 0.2) is 23.8 Å². The van der Waals surface area contributed by atoms with Crippen molar-refractivity contribution < 1.29 is 43.9 Å².